The van der Waals surface area contributed by atoms with E-state index in [-0.39, 0.29) is 22.6 Å². The zero-order chi connectivity index (χ0) is 35.2. The van der Waals surface area contributed by atoms with E-state index in [0.29, 0.717) is 0 Å². The summed E-state index contributed by atoms with van der Waals surface area (Å²) in [5.74, 6) is -2.84. The van der Waals surface area contributed by atoms with Crippen molar-refractivity contribution >= 4 is 11.9 Å². The topological polar surface area (TPSA) is 251 Å². The Balaban J connectivity index is 1.30. The van der Waals surface area contributed by atoms with Crippen molar-refractivity contribution < 1.29 is 78.9 Å². The van der Waals surface area contributed by atoms with Gasteiger partial charge in [0, 0.05) is 5.56 Å². The minimum Gasteiger partial charge on any atom is -0.507 e. The van der Waals surface area contributed by atoms with Crippen molar-refractivity contribution in [2.75, 3.05) is 13.2 Å². The number of carbonyl (C=O) groups is 2. The van der Waals surface area contributed by atoms with Gasteiger partial charge in [-0.05, 0) is 30.3 Å². The second-order valence-corrected chi connectivity index (χ2v) is 11.2. The minimum absolute atomic E-state index is 0.0526. The molecule has 2 aliphatic rings. The average molecular weight is 689 g/mol. The van der Waals surface area contributed by atoms with E-state index in [1.54, 1.807) is 30.3 Å². The Morgan fingerprint density at radius 1 is 0.633 bits per heavy atom. The van der Waals surface area contributed by atoms with Crippen molar-refractivity contribution in [1.82, 2.24) is 0 Å². The maximum atomic E-state index is 13.3. The highest BCUT2D eigenvalue weighted by atomic mass is 16.7. The van der Waals surface area contributed by atoms with Gasteiger partial charge in [0.25, 0.3) is 0 Å². The van der Waals surface area contributed by atoms with Crippen LogP contribution in [0, 0.1) is 0 Å². The fourth-order valence-corrected chi connectivity index (χ4v) is 5.25. The van der Waals surface area contributed by atoms with Gasteiger partial charge >= 0.3 is 11.9 Å². The van der Waals surface area contributed by atoms with Gasteiger partial charge in [-0.3, -0.25) is 0 Å². The van der Waals surface area contributed by atoms with Gasteiger partial charge in [0.2, 0.25) is 12.6 Å². The van der Waals surface area contributed by atoms with Crippen LogP contribution < -0.4 is 9.47 Å². The molecule has 0 saturated carbocycles. The number of aliphatic hydroxyl groups excluding tert-OH is 7. The highest BCUT2D eigenvalue weighted by molar-refractivity contribution is 5.95. The number of ether oxygens (including phenoxy) is 6. The van der Waals surface area contributed by atoms with Gasteiger partial charge in [-0.25, -0.2) is 9.59 Å². The molecule has 0 aromatic heterocycles. The van der Waals surface area contributed by atoms with E-state index < -0.39 is 104 Å². The second-order valence-electron chi connectivity index (χ2n) is 11.2. The molecule has 2 aliphatic heterocycles. The van der Waals surface area contributed by atoms with E-state index in [2.05, 4.69) is 0 Å². The van der Waals surface area contributed by atoms with Gasteiger partial charge in [-0.2, -0.15) is 0 Å². The largest absolute Gasteiger partial charge is 0.507 e. The lowest BCUT2D eigenvalue weighted by Gasteiger charge is -2.41. The molecule has 0 bridgehead atoms. The highest BCUT2D eigenvalue weighted by Crippen LogP contribution is 2.34. The van der Waals surface area contributed by atoms with Crippen molar-refractivity contribution in [1.29, 1.82) is 0 Å². The number of phenolic OH excluding ortho intramolecular Hbond substituents is 1. The Kier molecular flexibility index (Phi) is 11.7. The van der Waals surface area contributed by atoms with E-state index in [9.17, 15) is 50.4 Å². The highest BCUT2D eigenvalue weighted by Gasteiger charge is 2.48. The molecule has 264 valence electrons. The molecular weight excluding hydrogens is 652 g/mol. The maximum absolute atomic E-state index is 13.3. The molecule has 2 fully saturated rings. The van der Waals surface area contributed by atoms with Crippen LogP contribution in [0.2, 0.25) is 0 Å². The Bertz CT molecular complexity index is 1570. The minimum atomic E-state index is -1.83. The van der Waals surface area contributed by atoms with Crippen LogP contribution in [-0.4, -0.2) is 127 Å². The molecule has 5 rings (SSSR count). The molecule has 16 nitrogen and oxygen atoms in total. The summed E-state index contributed by atoms with van der Waals surface area (Å²) in [7, 11) is 0. The summed E-state index contributed by atoms with van der Waals surface area (Å²) in [6.45, 7) is -1.88. The van der Waals surface area contributed by atoms with Gasteiger partial charge in [0.05, 0.1) is 18.8 Å². The SMILES string of the molecule is O=C(O[C@H]1[C@@H](O)[C@@H](Oc2cccc(O)c2C(=O)OCc2ccccc2O[C@@H]2O[C@@H](CO)[C@@H](O)[C@H](O)[C@H]2O)O[C@@H](CO)[C@H]1O)c1ccccc1. The van der Waals surface area contributed by atoms with Crippen LogP contribution in [-0.2, 0) is 25.6 Å². The number of hydrogen-bond acceptors (Lipinski definition) is 16. The molecular formula is C33H36O16. The van der Waals surface area contributed by atoms with Crippen molar-refractivity contribution in [3.05, 3.63) is 89.5 Å². The first-order chi connectivity index (χ1) is 23.5. The van der Waals surface area contributed by atoms with E-state index >= 15 is 0 Å². The van der Waals surface area contributed by atoms with E-state index in [1.165, 1.54) is 42.5 Å². The molecule has 8 N–H and O–H groups in total. The fraction of sp³-hybridized carbons (Fsp3) is 0.394. The Labute approximate surface area is 278 Å². The summed E-state index contributed by atoms with van der Waals surface area (Å²) in [6.07, 6.45) is -15.9. The van der Waals surface area contributed by atoms with Gasteiger partial charge in [0.1, 0.15) is 66.0 Å². The van der Waals surface area contributed by atoms with Crippen LogP contribution in [0.1, 0.15) is 26.3 Å². The zero-order valence-corrected chi connectivity index (χ0v) is 25.7. The predicted octanol–water partition coefficient (Wildman–Crippen LogP) is -1.03. The lowest BCUT2D eigenvalue weighted by molar-refractivity contribution is -0.277. The summed E-state index contributed by atoms with van der Waals surface area (Å²) in [5.41, 5.74) is -0.112. The molecule has 0 radical (unpaired) electrons. The standard InChI is InChI=1S/C33H36O16/c34-13-21-24(37)26(39)27(40)32(47-21)45-19-11-5-4-9-17(19)15-44-31(43)23-18(36)10-6-12-20(23)46-33-28(41)29(25(38)22(14-35)48-33)49-30(42)16-7-2-1-3-8-16/h1-12,21-22,24-29,32-41H,13-15H2/t21-,22-,24+,25+,26-,27+,28+,29+,32+,33-/m0/s1. The summed E-state index contributed by atoms with van der Waals surface area (Å²) in [4.78, 5) is 26.0. The fourth-order valence-electron chi connectivity index (χ4n) is 5.25. The third kappa shape index (κ3) is 7.94. The average Bonchev–Trinajstić information content (AvgIpc) is 3.11. The first-order valence-corrected chi connectivity index (χ1v) is 15.1. The Morgan fingerprint density at radius 3 is 1.92 bits per heavy atom. The van der Waals surface area contributed by atoms with E-state index in [0.717, 1.165) is 0 Å². The quantitative estimate of drug-likeness (QED) is 0.112. The zero-order valence-electron chi connectivity index (χ0n) is 25.7. The predicted molar refractivity (Wildman–Crippen MR) is 162 cm³/mol. The third-order valence-corrected chi connectivity index (χ3v) is 7.95. The first-order valence-electron chi connectivity index (χ1n) is 15.1. The van der Waals surface area contributed by atoms with Crippen molar-refractivity contribution in [3.8, 4) is 17.2 Å². The number of carbonyl (C=O) groups excluding carboxylic acids is 2. The van der Waals surface area contributed by atoms with Gasteiger partial charge < -0.3 is 69.3 Å². The molecule has 3 aromatic carbocycles. The molecule has 0 amide bonds. The number of phenols is 1. The number of esters is 2. The second kappa shape index (κ2) is 15.9. The summed E-state index contributed by atoms with van der Waals surface area (Å²) >= 11 is 0. The van der Waals surface area contributed by atoms with Gasteiger partial charge in [-0.15, -0.1) is 0 Å². The Morgan fingerprint density at radius 2 is 1.22 bits per heavy atom. The number of aromatic hydroxyl groups is 1. The molecule has 16 heteroatoms. The normalized spacial score (nSPS) is 29.9. The third-order valence-electron chi connectivity index (χ3n) is 7.95. The van der Waals surface area contributed by atoms with Crippen LogP contribution in [0.25, 0.3) is 0 Å². The van der Waals surface area contributed by atoms with Crippen LogP contribution in [0.4, 0.5) is 0 Å². The van der Waals surface area contributed by atoms with Crippen LogP contribution in [0.3, 0.4) is 0 Å². The molecule has 0 spiro atoms. The Hall–Kier alpha value is -4.36. The lowest BCUT2D eigenvalue weighted by Crippen LogP contribution is -2.61. The van der Waals surface area contributed by atoms with Gasteiger partial charge in [-0.1, -0.05) is 42.5 Å². The number of rotatable bonds is 11. The monoisotopic (exact) mass is 688 g/mol. The summed E-state index contributed by atoms with van der Waals surface area (Å²) < 4.78 is 33.1. The number of para-hydroxylation sites is 1. The van der Waals surface area contributed by atoms with Crippen LogP contribution in [0.15, 0.2) is 72.8 Å². The molecule has 3 aromatic rings. The maximum Gasteiger partial charge on any atom is 0.346 e. The van der Waals surface area contributed by atoms with Crippen molar-refractivity contribution in [2.45, 2.75) is 68.0 Å². The molecule has 49 heavy (non-hydrogen) atoms. The molecule has 0 unspecified atom stereocenters. The number of hydrogen-bond donors (Lipinski definition) is 8. The van der Waals surface area contributed by atoms with Crippen LogP contribution in [0.5, 0.6) is 17.2 Å². The molecule has 10 atom stereocenters. The molecule has 0 aliphatic carbocycles. The smallest absolute Gasteiger partial charge is 0.346 e. The lowest BCUT2D eigenvalue weighted by atomic mass is 9.98. The van der Waals surface area contributed by atoms with Crippen molar-refractivity contribution in [3.63, 3.8) is 0 Å². The van der Waals surface area contributed by atoms with E-state index in [4.69, 9.17) is 28.4 Å². The van der Waals surface area contributed by atoms with E-state index in [1.807, 2.05) is 0 Å². The van der Waals surface area contributed by atoms with Crippen molar-refractivity contribution in [2.24, 2.45) is 0 Å². The molecule has 2 heterocycles. The molecule has 2 saturated heterocycles. The summed E-state index contributed by atoms with van der Waals surface area (Å²) in [5, 5.41) is 82.1. The number of benzene rings is 3. The van der Waals surface area contributed by atoms with Crippen LogP contribution >= 0.6 is 0 Å². The summed E-state index contributed by atoms with van der Waals surface area (Å²) in [6, 6.07) is 17.6. The number of aliphatic hydroxyl groups is 7. The first kappa shape index (κ1) is 35.9. The van der Waals surface area contributed by atoms with Gasteiger partial charge in [0.15, 0.2) is 12.2 Å².